The highest BCUT2D eigenvalue weighted by Gasteiger charge is 2.27. The third kappa shape index (κ3) is 4.85. The zero-order valence-electron chi connectivity index (χ0n) is 13.1. The van der Waals surface area contributed by atoms with Crippen molar-refractivity contribution in [2.45, 2.75) is 6.54 Å². The van der Waals surface area contributed by atoms with Gasteiger partial charge in [-0.25, -0.2) is 0 Å². The Morgan fingerprint density at radius 2 is 1.88 bits per heavy atom. The molecule has 8 heteroatoms. The Bertz CT molecular complexity index is 766. The molecule has 2 N–H and O–H groups in total. The van der Waals surface area contributed by atoms with Crippen LogP contribution in [0.25, 0.3) is 0 Å². The number of hydrogen-bond acceptors (Lipinski definition) is 4. The zero-order chi connectivity index (χ0) is 16.9. The molecule has 1 heterocycles. The highest BCUT2D eigenvalue weighted by atomic mass is 35.5. The molecule has 3 rings (SSSR count). The van der Waals surface area contributed by atoms with Gasteiger partial charge in [0.2, 0.25) is 0 Å². The van der Waals surface area contributed by atoms with Crippen molar-refractivity contribution < 1.29 is 14.3 Å². The number of rotatable bonds is 6. The molecule has 25 heavy (non-hydrogen) atoms. The summed E-state index contributed by atoms with van der Waals surface area (Å²) in [7, 11) is 0. The number of halogens is 2. The lowest BCUT2D eigenvalue weighted by atomic mass is 10.2. The number of benzene rings is 2. The van der Waals surface area contributed by atoms with Crippen LogP contribution in [0.1, 0.15) is 5.56 Å². The summed E-state index contributed by atoms with van der Waals surface area (Å²) in [5.41, 5.74) is 1.96. The standard InChI is InChI=1S/C17H15ClN3O3.ClH/c18-12-6-4-11(5-7-12)10-19-8-9-24-14-3-1-2-13-15(14)21-17(23)16(22)20-13;/h1-7,19H,8-10H2,(H,20,22);1H. The number of carbonyl (C=O) groups excluding carboxylic acids is 2. The molecule has 1 radical (unpaired) electrons. The number of fused-ring (bicyclic) bond motifs is 1. The van der Waals surface area contributed by atoms with E-state index in [1.54, 1.807) is 18.2 Å². The predicted molar refractivity (Wildman–Crippen MR) is 97.8 cm³/mol. The van der Waals surface area contributed by atoms with Gasteiger partial charge in [0.1, 0.15) is 18.0 Å². The lowest BCUT2D eigenvalue weighted by molar-refractivity contribution is -0.135. The number of amides is 2. The molecule has 2 amide bonds. The van der Waals surface area contributed by atoms with Crippen molar-refractivity contribution in [3.8, 4) is 5.75 Å². The molecule has 131 valence electrons. The molecule has 2 aromatic carbocycles. The number of para-hydroxylation sites is 1. The van der Waals surface area contributed by atoms with E-state index in [9.17, 15) is 9.59 Å². The molecule has 0 spiro atoms. The first-order chi connectivity index (χ1) is 11.6. The second-order valence-corrected chi connectivity index (χ2v) is 5.61. The van der Waals surface area contributed by atoms with Crippen LogP contribution in [0.15, 0.2) is 42.5 Å². The second-order valence-electron chi connectivity index (χ2n) is 5.18. The average Bonchev–Trinajstić information content (AvgIpc) is 2.58. The molecule has 0 saturated carbocycles. The van der Waals surface area contributed by atoms with E-state index in [1.165, 1.54) is 0 Å². The van der Waals surface area contributed by atoms with Crippen molar-refractivity contribution in [3.63, 3.8) is 0 Å². The number of carbonyl (C=O) groups is 2. The summed E-state index contributed by atoms with van der Waals surface area (Å²) in [5, 5.41) is 10.2. The summed E-state index contributed by atoms with van der Waals surface area (Å²) < 4.78 is 5.66. The lowest BCUT2D eigenvalue weighted by Gasteiger charge is -2.18. The van der Waals surface area contributed by atoms with Crippen molar-refractivity contribution in [1.82, 2.24) is 10.6 Å². The normalized spacial score (nSPS) is 12.5. The van der Waals surface area contributed by atoms with Gasteiger partial charge in [-0.2, -0.15) is 5.32 Å². The highest BCUT2D eigenvalue weighted by molar-refractivity contribution is 6.42. The molecular formula is C17H16Cl2N3O3. The SMILES string of the molecule is Cl.O=C1[N]c2c(cccc2OCCNCc2ccc(Cl)cc2)NC1=O. The van der Waals surface area contributed by atoms with E-state index in [4.69, 9.17) is 16.3 Å². The molecule has 0 unspecified atom stereocenters. The largest absolute Gasteiger partial charge is 0.490 e. The van der Waals surface area contributed by atoms with Gasteiger partial charge in [0.15, 0.2) is 0 Å². The van der Waals surface area contributed by atoms with Crippen LogP contribution in [0, 0.1) is 0 Å². The Morgan fingerprint density at radius 3 is 2.64 bits per heavy atom. The van der Waals surface area contributed by atoms with Crippen LogP contribution >= 0.6 is 24.0 Å². The number of ether oxygens (including phenoxy) is 1. The van der Waals surface area contributed by atoms with Gasteiger partial charge in [0, 0.05) is 18.1 Å². The molecule has 0 saturated heterocycles. The molecule has 0 fully saturated rings. The number of nitrogens with zero attached hydrogens (tertiary/aromatic N) is 1. The molecule has 1 aliphatic rings. The summed E-state index contributed by atoms with van der Waals surface area (Å²) in [4.78, 5) is 22.7. The van der Waals surface area contributed by atoms with Gasteiger partial charge in [-0.05, 0) is 29.8 Å². The number of hydrogen-bond donors (Lipinski definition) is 2. The summed E-state index contributed by atoms with van der Waals surface area (Å²) in [6.45, 7) is 1.72. The third-order valence-electron chi connectivity index (χ3n) is 3.43. The van der Waals surface area contributed by atoms with Crippen LogP contribution in [0.2, 0.25) is 5.02 Å². The van der Waals surface area contributed by atoms with Crippen LogP contribution in [-0.4, -0.2) is 25.0 Å². The van der Waals surface area contributed by atoms with E-state index in [0.29, 0.717) is 41.8 Å². The Balaban J connectivity index is 0.00000225. The quantitative estimate of drug-likeness (QED) is 0.596. The minimum Gasteiger partial charge on any atom is -0.490 e. The molecule has 6 nitrogen and oxygen atoms in total. The first-order valence-corrected chi connectivity index (χ1v) is 7.79. The van der Waals surface area contributed by atoms with E-state index >= 15 is 0 Å². The van der Waals surface area contributed by atoms with Gasteiger partial charge in [0.05, 0.1) is 5.69 Å². The summed E-state index contributed by atoms with van der Waals surface area (Å²) in [5.74, 6) is -1.09. The minimum atomic E-state index is -0.820. The van der Waals surface area contributed by atoms with Gasteiger partial charge in [-0.3, -0.25) is 9.59 Å². The van der Waals surface area contributed by atoms with Crippen molar-refractivity contribution in [3.05, 3.63) is 53.1 Å². The van der Waals surface area contributed by atoms with Crippen LogP contribution < -0.4 is 20.7 Å². The maximum atomic E-state index is 11.4. The summed E-state index contributed by atoms with van der Waals surface area (Å²) in [6.07, 6.45) is 0. The predicted octanol–water partition coefficient (Wildman–Crippen LogP) is 2.64. The van der Waals surface area contributed by atoms with Gasteiger partial charge in [-0.1, -0.05) is 29.8 Å². The van der Waals surface area contributed by atoms with Crippen molar-refractivity contribution >= 4 is 47.2 Å². The molecule has 1 aliphatic heterocycles. The van der Waals surface area contributed by atoms with Gasteiger partial charge in [-0.15, -0.1) is 12.4 Å². The van der Waals surface area contributed by atoms with E-state index in [-0.39, 0.29) is 12.4 Å². The monoisotopic (exact) mass is 380 g/mol. The van der Waals surface area contributed by atoms with E-state index in [2.05, 4.69) is 16.0 Å². The average molecular weight is 381 g/mol. The van der Waals surface area contributed by atoms with Crippen LogP contribution in [0.5, 0.6) is 5.75 Å². The van der Waals surface area contributed by atoms with E-state index in [1.807, 2.05) is 24.3 Å². The van der Waals surface area contributed by atoms with Crippen molar-refractivity contribution in [2.24, 2.45) is 0 Å². The van der Waals surface area contributed by atoms with Gasteiger partial charge >= 0.3 is 11.8 Å². The Hall–Kier alpha value is -2.28. The first-order valence-electron chi connectivity index (χ1n) is 7.41. The fraction of sp³-hybridized carbons (Fsp3) is 0.176. The van der Waals surface area contributed by atoms with Crippen LogP contribution in [0.4, 0.5) is 11.4 Å². The van der Waals surface area contributed by atoms with E-state index in [0.717, 1.165) is 5.56 Å². The second kappa shape index (κ2) is 8.71. The molecule has 0 aromatic heterocycles. The fourth-order valence-corrected chi connectivity index (χ4v) is 2.38. The molecule has 2 aromatic rings. The topological polar surface area (TPSA) is 81.5 Å². The molecule has 0 atom stereocenters. The summed E-state index contributed by atoms with van der Waals surface area (Å²) >= 11 is 5.84. The highest BCUT2D eigenvalue weighted by Crippen LogP contribution is 2.34. The Labute approximate surface area is 156 Å². The van der Waals surface area contributed by atoms with Crippen molar-refractivity contribution in [2.75, 3.05) is 18.5 Å². The van der Waals surface area contributed by atoms with Gasteiger partial charge in [0.25, 0.3) is 0 Å². The zero-order valence-corrected chi connectivity index (χ0v) is 14.7. The Kier molecular flexibility index (Phi) is 6.64. The fourth-order valence-electron chi connectivity index (χ4n) is 2.25. The Morgan fingerprint density at radius 1 is 1.12 bits per heavy atom. The minimum absolute atomic E-state index is 0. The third-order valence-corrected chi connectivity index (χ3v) is 3.69. The van der Waals surface area contributed by atoms with Gasteiger partial charge < -0.3 is 15.4 Å². The number of anilines is 1. The van der Waals surface area contributed by atoms with Crippen LogP contribution in [0.3, 0.4) is 0 Å². The van der Waals surface area contributed by atoms with Crippen molar-refractivity contribution in [1.29, 1.82) is 0 Å². The lowest BCUT2D eigenvalue weighted by Crippen LogP contribution is -2.33. The molecule has 0 aliphatic carbocycles. The smallest absolute Gasteiger partial charge is 0.336 e. The molecular weight excluding hydrogens is 365 g/mol. The van der Waals surface area contributed by atoms with E-state index < -0.39 is 11.8 Å². The maximum absolute atomic E-state index is 11.4. The maximum Gasteiger partial charge on any atom is 0.336 e. The number of nitrogens with one attached hydrogen (secondary N) is 2. The first kappa shape index (κ1) is 19.1. The summed E-state index contributed by atoms with van der Waals surface area (Å²) in [6, 6.07) is 12.7. The molecule has 0 bridgehead atoms. The van der Waals surface area contributed by atoms with Crippen LogP contribution in [-0.2, 0) is 16.1 Å².